The normalized spacial score (nSPS) is 10.7. The molecule has 0 aliphatic rings. The largest absolute Gasteiger partial charge is 0.242 e. The highest BCUT2D eigenvalue weighted by molar-refractivity contribution is 7.17. The van der Waals surface area contributed by atoms with Crippen molar-refractivity contribution in [3.63, 3.8) is 0 Å². The van der Waals surface area contributed by atoms with E-state index in [1.165, 1.54) is 0 Å². The molecule has 11 heavy (non-hydrogen) atoms. The van der Waals surface area contributed by atoms with Gasteiger partial charge in [-0.1, -0.05) is 11.6 Å². The predicted molar refractivity (Wildman–Crippen MR) is 47.2 cm³/mol. The van der Waals surface area contributed by atoms with Gasteiger partial charge in [0.05, 0.1) is 10.2 Å². The summed E-state index contributed by atoms with van der Waals surface area (Å²) in [5.41, 5.74) is 3.73. The van der Waals surface area contributed by atoms with Crippen LogP contribution in [-0.4, -0.2) is 9.97 Å². The molecule has 0 atom stereocenters. The van der Waals surface area contributed by atoms with Crippen LogP contribution in [0.25, 0.3) is 10.2 Å². The second kappa shape index (κ2) is 2.43. The van der Waals surface area contributed by atoms with E-state index in [0.29, 0.717) is 5.15 Å². The van der Waals surface area contributed by atoms with Crippen molar-refractivity contribution in [3.05, 3.63) is 22.4 Å². The molecule has 0 radical (unpaired) electrons. The maximum atomic E-state index is 5.80. The first-order valence-corrected chi connectivity index (χ1v) is 4.39. The molecule has 2 heterocycles. The van der Waals surface area contributed by atoms with E-state index in [9.17, 15) is 0 Å². The second-order valence-corrected chi connectivity index (χ2v) is 3.47. The summed E-state index contributed by atoms with van der Waals surface area (Å²) in [6.07, 6.45) is 1.77. The third kappa shape index (κ3) is 1.01. The highest BCUT2D eigenvalue weighted by atomic mass is 35.5. The highest BCUT2D eigenvalue weighted by Crippen LogP contribution is 2.25. The SMILES string of the molecule is Cc1cnc(Cl)c2ncsc12. The monoisotopic (exact) mass is 184 g/mol. The van der Waals surface area contributed by atoms with Crippen molar-refractivity contribution in [1.82, 2.24) is 9.97 Å². The molecular weight excluding hydrogens is 180 g/mol. The van der Waals surface area contributed by atoms with Crippen LogP contribution >= 0.6 is 22.9 Å². The third-order valence-corrected chi connectivity index (χ3v) is 2.73. The minimum atomic E-state index is 0.492. The van der Waals surface area contributed by atoms with E-state index in [-0.39, 0.29) is 0 Å². The summed E-state index contributed by atoms with van der Waals surface area (Å²) in [6.45, 7) is 2.00. The van der Waals surface area contributed by atoms with Crippen molar-refractivity contribution in [2.75, 3.05) is 0 Å². The topological polar surface area (TPSA) is 25.8 Å². The zero-order chi connectivity index (χ0) is 7.84. The van der Waals surface area contributed by atoms with Gasteiger partial charge in [0.1, 0.15) is 5.52 Å². The van der Waals surface area contributed by atoms with Crippen molar-refractivity contribution in [1.29, 1.82) is 0 Å². The van der Waals surface area contributed by atoms with Gasteiger partial charge in [0, 0.05) is 6.20 Å². The smallest absolute Gasteiger partial charge is 0.156 e. The van der Waals surface area contributed by atoms with E-state index in [1.807, 2.05) is 6.92 Å². The summed E-state index contributed by atoms with van der Waals surface area (Å²) in [7, 11) is 0. The van der Waals surface area contributed by atoms with Gasteiger partial charge < -0.3 is 0 Å². The fraction of sp³-hybridized carbons (Fsp3) is 0.143. The fourth-order valence-corrected chi connectivity index (χ4v) is 1.96. The molecular formula is C7H5ClN2S. The Morgan fingerprint density at radius 2 is 2.27 bits per heavy atom. The van der Waals surface area contributed by atoms with E-state index >= 15 is 0 Å². The van der Waals surface area contributed by atoms with E-state index in [0.717, 1.165) is 15.8 Å². The van der Waals surface area contributed by atoms with Crippen molar-refractivity contribution >= 4 is 33.2 Å². The summed E-state index contributed by atoms with van der Waals surface area (Å²) in [5, 5.41) is 0.492. The van der Waals surface area contributed by atoms with Crippen LogP contribution < -0.4 is 0 Å². The molecule has 0 aliphatic carbocycles. The van der Waals surface area contributed by atoms with Crippen LogP contribution in [-0.2, 0) is 0 Å². The molecule has 0 saturated heterocycles. The summed E-state index contributed by atoms with van der Waals surface area (Å²) >= 11 is 7.40. The molecule has 56 valence electrons. The number of nitrogens with zero attached hydrogens (tertiary/aromatic N) is 2. The first-order chi connectivity index (χ1) is 5.29. The third-order valence-electron chi connectivity index (χ3n) is 1.49. The predicted octanol–water partition coefficient (Wildman–Crippen LogP) is 2.65. The van der Waals surface area contributed by atoms with Crippen LogP contribution in [0, 0.1) is 6.92 Å². The summed E-state index contributed by atoms with van der Waals surface area (Å²) < 4.78 is 1.13. The van der Waals surface area contributed by atoms with Crippen molar-refractivity contribution < 1.29 is 0 Å². The Labute approximate surface area is 72.9 Å². The maximum Gasteiger partial charge on any atom is 0.156 e. The van der Waals surface area contributed by atoms with Crippen LogP contribution in [0.1, 0.15) is 5.56 Å². The second-order valence-electron chi connectivity index (χ2n) is 2.26. The van der Waals surface area contributed by atoms with Gasteiger partial charge in [-0.3, -0.25) is 0 Å². The van der Waals surface area contributed by atoms with Gasteiger partial charge in [0.25, 0.3) is 0 Å². The Morgan fingerprint density at radius 3 is 3.00 bits per heavy atom. The Bertz CT molecular complexity index is 360. The minimum Gasteiger partial charge on any atom is -0.242 e. The average molecular weight is 185 g/mol. The molecule has 0 N–H and O–H groups in total. The fourth-order valence-electron chi connectivity index (χ4n) is 0.946. The van der Waals surface area contributed by atoms with Crippen LogP contribution in [0.4, 0.5) is 0 Å². The van der Waals surface area contributed by atoms with Gasteiger partial charge in [0.2, 0.25) is 0 Å². The molecule has 0 amide bonds. The minimum absolute atomic E-state index is 0.492. The number of halogens is 1. The highest BCUT2D eigenvalue weighted by Gasteiger charge is 2.04. The summed E-state index contributed by atoms with van der Waals surface area (Å²) in [6, 6.07) is 0. The zero-order valence-electron chi connectivity index (χ0n) is 5.84. The molecule has 2 rings (SSSR count). The van der Waals surface area contributed by atoms with Crippen LogP contribution in [0.3, 0.4) is 0 Å². The first kappa shape index (κ1) is 7.00. The summed E-state index contributed by atoms with van der Waals surface area (Å²) in [4.78, 5) is 8.09. The van der Waals surface area contributed by atoms with Gasteiger partial charge in [-0.2, -0.15) is 0 Å². The Kier molecular flexibility index (Phi) is 1.55. The molecule has 0 spiro atoms. The molecule has 4 heteroatoms. The van der Waals surface area contributed by atoms with Gasteiger partial charge in [0.15, 0.2) is 5.15 Å². The number of thiazole rings is 1. The van der Waals surface area contributed by atoms with Crippen LogP contribution in [0.5, 0.6) is 0 Å². The Hall–Kier alpha value is -0.670. The van der Waals surface area contributed by atoms with E-state index in [4.69, 9.17) is 11.6 Å². The summed E-state index contributed by atoms with van der Waals surface area (Å²) in [5.74, 6) is 0. The number of fused-ring (bicyclic) bond motifs is 1. The van der Waals surface area contributed by atoms with Gasteiger partial charge >= 0.3 is 0 Å². The van der Waals surface area contributed by atoms with Gasteiger partial charge in [-0.15, -0.1) is 11.3 Å². The van der Waals surface area contributed by atoms with Gasteiger partial charge in [-0.25, -0.2) is 9.97 Å². The lowest BCUT2D eigenvalue weighted by Crippen LogP contribution is -1.79. The number of hydrogen-bond donors (Lipinski definition) is 0. The average Bonchev–Trinajstić information content (AvgIpc) is 2.45. The number of hydrogen-bond acceptors (Lipinski definition) is 3. The molecule has 2 aromatic rings. The Balaban J connectivity index is 2.96. The molecule has 0 aliphatic heterocycles. The quantitative estimate of drug-likeness (QED) is 0.589. The number of rotatable bonds is 0. The number of aryl methyl sites for hydroxylation is 1. The molecule has 0 fully saturated rings. The van der Waals surface area contributed by atoms with Gasteiger partial charge in [-0.05, 0) is 12.5 Å². The number of pyridine rings is 1. The lowest BCUT2D eigenvalue weighted by molar-refractivity contribution is 1.29. The van der Waals surface area contributed by atoms with Crippen molar-refractivity contribution in [2.45, 2.75) is 6.92 Å². The lowest BCUT2D eigenvalue weighted by atomic mass is 10.3. The van der Waals surface area contributed by atoms with Crippen molar-refractivity contribution in [2.24, 2.45) is 0 Å². The molecule has 0 saturated carbocycles. The molecule has 0 unspecified atom stereocenters. The molecule has 2 aromatic heterocycles. The van der Waals surface area contributed by atoms with Crippen LogP contribution in [0.2, 0.25) is 5.15 Å². The van der Waals surface area contributed by atoms with E-state index < -0.39 is 0 Å². The standard InChI is InChI=1S/C7H5ClN2S/c1-4-2-9-7(8)5-6(4)11-3-10-5/h2-3H,1H3. The van der Waals surface area contributed by atoms with Crippen LogP contribution in [0.15, 0.2) is 11.7 Å². The van der Waals surface area contributed by atoms with E-state index in [1.54, 1.807) is 23.0 Å². The number of aromatic nitrogens is 2. The lowest BCUT2D eigenvalue weighted by Gasteiger charge is -1.93. The first-order valence-electron chi connectivity index (χ1n) is 3.13. The maximum absolute atomic E-state index is 5.80. The Morgan fingerprint density at radius 1 is 1.45 bits per heavy atom. The molecule has 0 aromatic carbocycles. The zero-order valence-corrected chi connectivity index (χ0v) is 7.41. The van der Waals surface area contributed by atoms with Crippen molar-refractivity contribution in [3.8, 4) is 0 Å². The molecule has 0 bridgehead atoms. The van der Waals surface area contributed by atoms with E-state index in [2.05, 4.69) is 9.97 Å². The molecule has 2 nitrogen and oxygen atoms in total.